The molecule has 3 atom stereocenters. The van der Waals surface area contributed by atoms with Gasteiger partial charge in [0.25, 0.3) is 5.91 Å². The van der Waals surface area contributed by atoms with Crippen LogP contribution in [-0.4, -0.2) is 50.5 Å². The van der Waals surface area contributed by atoms with Gasteiger partial charge >= 0.3 is 0 Å². The maximum atomic E-state index is 13.8. The molecule has 0 spiro atoms. The van der Waals surface area contributed by atoms with E-state index in [2.05, 4.69) is 56.6 Å². The zero-order valence-corrected chi connectivity index (χ0v) is 26.0. The third-order valence-corrected chi connectivity index (χ3v) is 11.0. The van der Waals surface area contributed by atoms with Gasteiger partial charge in [-0.15, -0.1) is 0 Å². The molecule has 2 bridgehead atoms. The third kappa shape index (κ3) is 4.07. The van der Waals surface area contributed by atoms with Crippen molar-refractivity contribution in [2.75, 3.05) is 19.0 Å². The number of nitrogens with zero attached hydrogens (tertiary/aromatic N) is 4. The van der Waals surface area contributed by atoms with Gasteiger partial charge in [-0.25, -0.2) is 4.98 Å². The van der Waals surface area contributed by atoms with Gasteiger partial charge in [0, 0.05) is 48.2 Å². The number of hydrogen-bond donors (Lipinski definition) is 1. The topological polar surface area (TPSA) is 81.4 Å². The SMILES string of the molecule is COc1cc(C(=O)N2CC3CCC2[C@@H]3C)cc2nc(-c3cc4ccc(-c5cccc6c5NC(=O)C6)cc4n3CC3CC3)n(C)c12. The van der Waals surface area contributed by atoms with Crippen LogP contribution in [-0.2, 0) is 24.8 Å². The minimum Gasteiger partial charge on any atom is -0.494 e. The molecule has 4 aliphatic rings. The summed E-state index contributed by atoms with van der Waals surface area (Å²) in [6, 6.07) is 19.2. The highest BCUT2D eigenvalue weighted by Crippen LogP contribution is 2.44. The van der Waals surface area contributed by atoms with Crippen molar-refractivity contribution in [1.82, 2.24) is 19.0 Å². The number of imidazole rings is 1. The molecule has 9 rings (SSSR count). The zero-order chi connectivity index (χ0) is 30.6. The first kappa shape index (κ1) is 26.8. The Balaban J connectivity index is 1.16. The fourth-order valence-electron chi connectivity index (χ4n) is 8.38. The molecule has 8 nitrogen and oxygen atoms in total. The molecule has 2 unspecified atom stereocenters. The predicted octanol–water partition coefficient (Wildman–Crippen LogP) is 6.65. The molecule has 5 aromatic rings. The van der Waals surface area contributed by atoms with Crippen LogP contribution in [0.1, 0.15) is 48.5 Å². The Labute approximate surface area is 262 Å². The highest BCUT2D eigenvalue weighted by Gasteiger charge is 2.46. The van der Waals surface area contributed by atoms with Crippen LogP contribution in [0.4, 0.5) is 5.69 Å². The Hall–Kier alpha value is -4.59. The van der Waals surface area contributed by atoms with Gasteiger partial charge in [-0.2, -0.15) is 0 Å². The van der Waals surface area contributed by atoms with Gasteiger partial charge in [-0.1, -0.05) is 37.3 Å². The van der Waals surface area contributed by atoms with Crippen LogP contribution < -0.4 is 10.1 Å². The molecule has 228 valence electrons. The van der Waals surface area contributed by atoms with E-state index in [1.807, 2.05) is 31.3 Å². The summed E-state index contributed by atoms with van der Waals surface area (Å²) >= 11 is 0. The van der Waals surface area contributed by atoms with Crippen molar-refractivity contribution in [3.63, 3.8) is 0 Å². The summed E-state index contributed by atoms with van der Waals surface area (Å²) in [4.78, 5) is 33.3. The molecule has 3 aromatic carbocycles. The lowest BCUT2D eigenvalue weighted by molar-refractivity contribution is -0.115. The normalized spacial score (nSPS) is 22.1. The quantitative estimate of drug-likeness (QED) is 0.237. The summed E-state index contributed by atoms with van der Waals surface area (Å²) in [6.45, 7) is 4.06. The first-order chi connectivity index (χ1) is 21.9. The molecule has 2 saturated carbocycles. The van der Waals surface area contributed by atoms with Crippen LogP contribution in [0.2, 0.25) is 0 Å². The van der Waals surface area contributed by atoms with Gasteiger partial charge in [0.15, 0.2) is 5.82 Å². The van der Waals surface area contributed by atoms with Crippen LogP contribution in [0.15, 0.2) is 54.6 Å². The second kappa shape index (κ2) is 9.70. The summed E-state index contributed by atoms with van der Waals surface area (Å²) in [7, 11) is 3.71. The van der Waals surface area contributed by atoms with Crippen LogP contribution in [0.3, 0.4) is 0 Å². The highest BCUT2D eigenvalue weighted by atomic mass is 16.5. The molecule has 2 aliphatic carbocycles. The van der Waals surface area contributed by atoms with Crippen molar-refractivity contribution in [2.24, 2.45) is 24.8 Å². The number of ether oxygens (including phenoxy) is 1. The van der Waals surface area contributed by atoms with E-state index in [4.69, 9.17) is 9.72 Å². The number of aromatic nitrogens is 3. The third-order valence-electron chi connectivity index (χ3n) is 11.0. The van der Waals surface area contributed by atoms with Crippen molar-refractivity contribution >= 4 is 39.4 Å². The number of carbonyl (C=O) groups is 2. The number of hydrogen-bond acceptors (Lipinski definition) is 4. The second-order valence-electron chi connectivity index (χ2n) is 13.7. The standard InChI is InChI=1S/C37H37N5O3/c1-20-25-11-12-29(20)42(19-25)37(44)26-13-28-35(32(16-26)45-3)40(2)36(38-28)31-15-23-10-9-22(14-30(23)41(31)18-21-7-8-21)27-6-4-5-24-17-33(43)39-34(24)27/h4-6,9-10,13-16,20-21,25,29H,7-8,11-12,17-19H2,1-3H3,(H,39,43)/t20-,25?,29?/m1/s1. The summed E-state index contributed by atoms with van der Waals surface area (Å²) < 4.78 is 10.4. The Morgan fingerprint density at radius 3 is 2.69 bits per heavy atom. The number of carbonyl (C=O) groups excluding carboxylic acids is 2. The van der Waals surface area contributed by atoms with Gasteiger partial charge in [-0.3, -0.25) is 9.59 Å². The number of aryl methyl sites for hydroxylation is 1. The number of anilines is 1. The van der Waals surface area contributed by atoms with Crippen molar-refractivity contribution in [3.05, 3.63) is 65.7 Å². The molecule has 1 N–H and O–H groups in total. The lowest BCUT2D eigenvalue weighted by atomic mass is 9.99. The van der Waals surface area contributed by atoms with Crippen LogP contribution in [0.25, 0.3) is 44.6 Å². The van der Waals surface area contributed by atoms with Crippen LogP contribution in [0, 0.1) is 17.8 Å². The Morgan fingerprint density at radius 1 is 1.07 bits per heavy atom. The van der Waals surface area contributed by atoms with Crippen molar-refractivity contribution < 1.29 is 14.3 Å². The number of rotatable bonds is 6. The van der Waals surface area contributed by atoms with E-state index in [1.54, 1.807) is 7.11 Å². The average Bonchev–Trinajstić information content (AvgIpc) is 3.27. The highest BCUT2D eigenvalue weighted by molar-refractivity contribution is 6.05. The largest absolute Gasteiger partial charge is 0.494 e. The molecule has 3 fully saturated rings. The van der Waals surface area contributed by atoms with Crippen molar-refractivity contribution in [3.8, 4) is 28.4 Å². The Bertz CT molecular complexity index is 2070. The molecule has 8 heteroatoms. The zero-order valence-electron chi connectivity index (χ0n) is 26.0. The number of fused-ring (bicyclic) bond motifs is 5. The molecule has 0 radical (unpaired) electrons. The number of amides is 2. The number of nitrogens with one attached hydrogen (secondary N) is 1. The van der Waals surface area contributed by atoms with Gasteiger partial charge in [-0.05, 0) is 78.8 Å². The first-order valence-corrected chi connectivity index (χ1v) is 16.3. The van der Waals surface area contributed by atoms with E-state index in [9.17, 15) is 9.59 Å². The molecule has 2 aliphatic heterocycles. The van der Waals surface area contributed by atoms with E-state index >= 15 is 0 Å². The van der Waals surface area contributed by atoms with Crippen molar-refractivity contribution in [2.45, 2.75) is 51.6 Å². The molecular weight excluding hydrogens is 562 g/mol. The molecule has 2 amide bonds. The molecule has 45 heavy (non-hydrogen) atoms. The molecular formula is C37H37N5O3. The van der Waals surface area contributed by atoms with Crippen molar-refractivity contribution in [1.29, 1.82) is 0 Å². The number of para-hydroxylation sites is 1. The molecule has 4 heterocycles. The summed E-state index contributed by atoms with van der Waals surface area (Å²) in [6.07, 6.45) is 5.21. The van der Waals surface area contributed by atoms with Crippen LogP contribution >= 0.6 is 0 Å². The van der Waals surface area contributed by atoms with E-state index in [0.717, 1.165) is 75.3 Å². The average molecular weight is 600 g/mol. The number of benzene rings is 3. The van der Waals surface area contributed by atoms with E-state index in [0.29, 0.717) is 41.5 Å². The molecule has 1 saturated heterocycles. The lowest BCUT2D eigenvalue weighted by Crippen LogP contribution is -2.38. The maximum absolute atomic E-state index is 13.8. The number of methoxy groups -OCH3 is 1. The van der Waals surface area contributed by atoms with Gasteiger partial charge in [0.05, 0.1) is 30.4 Å². The van der Waals surface area contributed by atoms with Crippen LogP contribution in [0.5, 0.6) is 5.75 Å². The fraction of sp³-hybridized carbons (Fsp3) is 0.378. The smallest absolute Gasteiger partial charge is 0.254 e. The van der Waals surface area contributed by atoms with Gasteiger partial charge in [0.1, 0.15) is 11.3 Å². The predicted molar refractivity (Wildman–Crippen MR) is 175 cm³/mol. The Morgan fingerprint density at radius 2 is 1.93 bits per heavy atom. The Kier molecular flexibility index (Phi) is 5.77. The monoisotopic (exact) mass is 599 g/mol. The van der Waals surface area contributed by atoms with E-state index in [1.165, 1.54) is 19.3 Å². The fourth-order valence-corrected chi connectivity index (χ4v) is 8.38. The van der Waals surface area contributed by atoms with Gasteiger partial charge < -0.3 is 24.1 Å². The first-order valence-electron chi connectivity index (χ1n) is 16.3. The molecule has 2 aromatic heterocycles. The number of likely N-dealkylation sites (tertiary alicyclic amines) is 1. The summed E-state index contributed by atoms with van der Waals surface area (Å²) in [5.74, 6) is 3.48. The summed E-state index contributed by atoms with van der Waals surface area (Å²) in [5.41, 5.74) is 8.62. The maximum Gasteiger partial charge on any atom is 0.254 e. The summed E-state index contributed by atoms with van der Waals surface area (Å²) in [5, 5.41) is 4.23. The van der Waals surface area contributed by atoms with Gasteiger partial charge in [0.2, 0.25) is 5.91 Å². The lowest BCUT2D eigenvalue weighted by Gasteiger charge is -2.27. The minimum atomic E-state index is 0.0438. The number of piperidine rings is 1. The van der Waals surface area contributed by atoms with E-state index in [-0.39, 0.29) is 11.8 Å². The second-order valence-corrected chi connectivity index (χ2v) is 13.7. The van der Waals surface area contributed by atoms with E-state index < -0.39 is 0 Å². The minimum absolute atomic E-state index is 0.0438.